The standard InChI is InChI=1S/C24H25FN2O2S/c1-15(16-6-3-2-4-7-16)20-10-11-21-23(26-20)30-22(27-21)18-9-8-17(14-19(18)25)24-28-12-5-13-29-24/h8-11,14,16,24H,1-7,12-13H2. The number of hydrogen-bond acceptors (Lipinski definition) is 5. The van der Waals surface area contributed by atoms with Crippen LogP contribution in [0.25, 0.3) is 26.5 Å². The Hall–Kier alpha value is -2.15. The lowest BCUT2D eigenvalue weighted by atomic mass is 9.83. The van der Waals surface area contributed by atoms with Crippen LogP contribution in [0.3, 0.4) is 0 Å². The molecule has 3 heterocycles. The summed E-state index contributed by atoms with van der Waals surface area (Å²) in [6.07, 6.45) is 6.61. The van der Waals surface area contributed by atoms with Crippen LogP contribution in [-0.4, -0.2) is 23.2 Å². The number of pyridine rings is 1. The average Bonchev–Trinajstić information content (AvgIpc) is 3.22. The summed E-state index contributed by atoms with van der Waals surface area (Å²) in [5.74, 6) is 0.196. The predicted molar refractivity (Wildman–Crippen MR) is 118 cm³/mol. The molecule has 0 radical (unpaired) electrons. The number of aromatic nitrogens is 2. The van der Waals surface area contributed by atoms with Gasteiger partial charge in [0.15, 0.2) is 6.29 Å². The van der Waals surface area contributed by atoms with Crippen molar-refractivity contribution in [1.29, 1.82) is 0 Å². The Morgan fingerprint density at radius 2 is 1.80 bits per heavy atom. The van der Waals surface area contributed by atoms with E-state index in [1.807, 2.05) is 18.2 Å². The number of benzene rings is 1. The van der Waals surface area contributed by atoms with Crippen molar-refractivity contribution in [2.45, 2.75) is 44.8 Å². The number of rotatable bonds is 4. The van der Waals surface area contributed by atoms with E-state index in [-0.39, 0.29) is 5.82 Å². The average molecular weight is 425 g/mol. The van der Waals surface area contributed by atoms with Crippen molar-refractivity contribution < 1.29 is 13.9 Å². The van der Waals surface area contributed by atoms with Gasteiger partial charge in [-0.15, -0.1) is 0 Å². The summed E-state index contributed by atoms with van der Waals surface area (Å²) in [5.41, 5.74) is 4.02. The molecule has 0 N–H and O–H groups in total. The SMILES string of the molecule is C=C(c1ccc2nc(-c3ccc(C4OCCCO4)cc3F)sc2n1)C1CCCCC1. The van der Waals surface area contributed by atoms with Gasteiger partial charge in [0, 0.05) is 11.1 Å². The minimum Gasteiger partial charge on any atom is -0.348 e. The molecule has 4 nitrogen and oxygen atoms in total. The van der Waals surface area contributed by atoms with E-state index in [1.54, 1.807) is 6.07 Å². The molecule has 1 saturated carbocycles. The molecule has 156 valence electrons. The Morgan fingerprint density at radius 1 is 1.00 bits per heavy atom. The molecule has 3 aromatic rings. The molecule has 30 heavy (non-hydrogen) atoms. The number of hydrogen-bond donors (Lipinski definition) is 0. The van der Waals surface area contributed by atoms with Crippen LogP contribution in [0, 0.1) is 11.7 Å². The molecule has 0 spiro atoms. The van der Waals surface area contributed by atoms with E-state index in [4.69, 9.17) is 14.5 Å². The van der Waals surface area contributed by atoms with E-state index in [1.165, 1.54) is 49.5 Å². The Morgan fingerprint density at radius 3 is 2.57 bits per heavy atom. The number of thiazole rings is 1. The summed E-state index contributed by atoms with van der Waals surface area (Å²) < 4.78 is 26.0. The molecule has 1 aliphatic carbocycles. The van der Waals surface area contributed by atoms with Gasteiger partial charge in [-0.05, 0) is 55.0 Å². The summed E-state index contributed by atoms with van der Waals surface area (Å²) in [5, 5.41) is 0.632. The molecule has 2 aromatic heterocycles. The molecule has 5 rings (SSSR count). The minimum absolute atomic E-state index is 0.323. The predicted octanol–water partition coefficient (Wildman–Crippen LogP) is 6.53. The van der Waals surface area contributed by atoms with Crippen molar-refractivity contribution in [3.63, 3.8) is 0 Å². The second-order valence-electron chi connectivity index (χ2n) is 8.07. The molecule has 1 aliphatic heterocycles. The van der Waals surface area contributed by atoms with E-state index in [2.05, 4.69) is 11.6 Å². The van der Waals surface area contributed by atoms with Crippen molar-refractivity contribution in [3.05, 3.63) is 54.0 Å². The lowest BCUT2D eigenvalue weighted by Crippen LogP contribution is -2.17. The minimum atomic E-state index is -0.493. The molecule has 0 bridgehead atoms. The van der Waals surface area contributed by atoms with E-state index >= 15 is 0 Å². The molecule has 2 fully saturated rings. The molecule has 0 unspecified atom stereocenters. The number of fused-ring (bicyclic) bond motifs is 1. The normalized spacial score (nSPS) is 18.7. The summed E-state index contributed by atoms with van der Waals surface area (Å²) in [7, 11) is 0. The fraction of sp³-hybridized carbons (Fsp3) is 0.417. The maximum absolute atomic E-state index is 14.9. The van der Waals surface area contributed by atoms with Gasteiger partial charge < -0.3 is 9.47 Å². The zero-order valence-corrected chi connectivity index (χ0v) is 17.7. The first-order valence-corrected chi connectivity index (χ1v) is 11.5. The van der Waals surface area contributed by atoms with Gasteiger partial charge in [0.05, 0.1) is 18.9 Å². The van der Waals surface area contributed by atoms with E-state index in [0.29, 0.717) is 35.3 Å². The Labute approximate surface area is 179 Å². The van der Waals surface area contributed by atoms with Gasteiger partial charge in [0.1, 0.15) is 21.2 Å². The zero-order chi connectivity index (χ0) is 20.5. The Balaban J connectivity index is 1.41. The van der Waals surface area contributed by atoms with Gasteiger partial charge in [-0.2, -0.15) is 0 Å². The molecule has 0 atom stereocenters. The fourth-order valence-electron chi connectivity index (χ4n) is 4.30. The molecule has 1 aromatic carbocycles. The van der Waals surface area contributed by atoms with Crippen molar-refractivity contribution >= 4 is 27.3 Å². The highest BCUT2D eigenvalue weighted by molar-refractivity contribution is 7.21. The van der Waals surface area contributed by atoms with Crippen LogP contribution in [0.2, 0.25) is 0 Å². The monoisotopic (exact) mass is 424 g/mol. The summed E-state index contributed by atoms with van der Waals surface area (Å²) in [6, 6.07) is 9.07. The van der Waals surface area contributed by atoms with Gasteiger partial charge in [-0.1, -0.05) is 43.2 Å². The van der Waals surface area contributed by atoms with Crippen molar-refractivity contribution in [1.82, 2.24) is 9.97 Å². The highest BCUT2D eigenvalue weighted by atomic mass is 32.1. The molecule has 2 aliphatic rings. The topological polar surface area (TPSA) is 44.2 Å². The number of halogens is 1. The first kappa shape index (κ1) is 19.8. The number of ether oxygens (including phenoxy) is 2. The van der Waals surface area contributed by atoms with Gasteiger partial charge >= 0.3 is 0 Å². The van der Waals surface area contributed by atoms with Gasteiger partial charge in [-0.3, -0.25) is 0 Å². The molecule has 1 saturated heterocycles. The summed E-state index contributed by atoms with van der Waals surface area (Å²) >= 11 is 1.42. The lowest BCUT2D eigenvalue weighted by Gasteiger charge is -2.23. The molecule has 0 amide bonds. The number of allylic oxidation sites excluding steroid dienone is 1. The molecule has 6 heteroatoms. The molecular formula is C24H25FN2O2S. The Bertz CT molecular complexity index is 1070. The van der Waals surface area contributed by atoms with Crippen LogP contribution in [0.4, 0.5) is 4.39 Å². The first-order valence-electron chi connectivity index (χ1n) is 10.7. The van der Waals surface area contributed by atoms with E-state index in [0.717, 1.165) is 28.0 Å². The van der Waals surface area contributed by atoms with Crippen molar-refractivity contribution in [3.8, 4) is 10.6 Å². The van der Waals surface area contributed by atoms with Gasteiger partial charge in [-0.25, -0.2) is 14.4 Å². The van der Waals surface area contributed by atoms with E-state index < -0.39 is 6.29 Å². The zero-order valence-electron chi connectivity index (χ0n) is 16.9. The Kier molecular flexibility index (Phi) is 5.63. The second kappa shape index (κ2) is 8.53. The van der Waals surface area contributed by atoms with Crippen LogP contribution in [0.5, 0.6) is 0 Å². The van der Waals surface area contributed by atoms with Crippen LogP contribution < -0.4 is 0 Å². The van der Waals surface area contributed by atoms with Crippen LogP contribution >= 0.6 is 11.3 Å². The first-order chi connectivity index (χ1) is 14.7. The maximum Gasteiger partial charge on any atom is 0.183 e. The quantitative estimate of drug-likeness (QED) is 0.478. The third-order valence-corrected chi connectivity index (χ3v) is 7.00. The smallest absolute Gasteiger partial charge is 0.183 e. The maximum atomic E-state index is 14.9. The fourth-order valence-corrected chi connectivity index (χ4v) is 5.27. The largest absolute Gasteiger partial charge is 0.348 e. The van der Waals surface area contributed by atoms with Crippen LogP contribution in [0.1, 0.15) is 56.1 Å². The second-order valence-corrected chi connectivity index (χ2v) is 9.04. The van der Waals surface area contributed by atoms with Crippen LogP contribution in [0.15, 0.2) is 36.9 Å². The summed E-state index contributed by atoms with van der Waals surface area (Å²) in [4.78, 5) is 10.3. The lowest BCUT2D eigenvalue weighted by molar-refractivity contribution is -0.183. The van der Waals surface area contributed by atoms with Crippen molar-refractivity contribution in [2.24, 2.45) is 5.92 Å². The van der Waals surface area contributed by atoms with Gasteiger partial charge in [0.25, 0.3) is 0 Å². The number of nitrogens with zero attached hydrogens (tertiary/aromatic N) is 2. The molecular weight excluding hydrogens is 399 g/mol. The third-order valence-electron chi connectivity index (χ3n) is 6.01. The van der Waals surface area contributed by atoms with E-state index in [9.17, 15) is 4.39 Å². The van der Waals surface area contributed by atoms with Gasteiger partial charge in [0.2, 0.25) is 0 Å². The van der Waals surface area contributed by atoms with Crippen LogP contribution in [-0.2, 0) is 9.47 Å². The third kappa shape index (κ3) is 3.92. The highest BCUT2D eigenvalue weighted by Gasteiger charge is 2.21. The highest BCUT2D eigenvalue weighted by Crippen LogP contribution is 2.36. The summed E-state index contributed by atoms with van der Waals surface area (Å²) in [6.45, 7) is 5.59. The van der Waals surface area contributed by atoms with Crippen molar-refractivity contribution in [2.75, 3.05) is 13.2 Å².